The molecular formula is C15H21NO3. The molecule has 0 heterocycles. The van der Waals surface area contributed by atoms with Gasteiger partial charge in [-0.15, -0.1) is 0 Å². The van der Waals surface area contributed by atoms with E-state index in [2.05, 4.69) is 4.90 Å². The molecule has 0 aliphatic carbocycles. The minimum Gasteiger partial charge on any atom is -0.493 e. The molecule has 0 saturated carbocycles. The van der Waals surface area contributed by atoms with Crippen LogP contribution in [0.5, 0.6) is 11.5 Å². The van der Waals surface area contributed by atoms with Crippen LogP contribution in [0.2, 0.25) is 0 Å². The van der Waals surface area contributed by atoms with Gasteiger partial charge in [-0.3, -0.25) is 4.79 Å². The van der Waals surface area contributed by atoms with Crippen LogP contribution in [-0.4, -0.2) is 39.0 Å². The fourth-order valence-corrected chi connectivity index (χ4v) is 1.78. The summed E-state index contributed by atoms with van der Waals surface area (Å²) in [5, 5.41) is 0. The molecule has 0 bridgehead atoms. The fraction of sp³-hybridized carbons (Fsp3) is 0.400. The third kappa shape index (κ3) is 4.41. The van der Waals surface area contributed by atoms with Gasteiger partial charge in [0.25, 0.3) is 0 Å². The van der Waals surface area contributed by atoms with Crippen molar-refractivity contribution < 1.29 is 14.3 Å². The fourth-order valence-electron chi connectivity index (χ4n) is 1.78. The van der Waals surface area contributed by atoms with Crippen molar-refractivity contribution in [2.75, 3.05) is 28.3 Å². The first-order valence-electron chi connectivity index (χ1n) is 6.06. The van der Waals surface area contributed by atoms with E-state index in [0.717, 1.165) is 17.7 Å². The molecule has 0 radical (unpaired) electrons. The monoisotopic (exact) mass is 263 g/mol. The van der Waals surface area contributed by atoms with E-state index in [4.69, 9.17) is 9.47 Å². The first-order chi connectivity index (χ1) is 8.97. The van der Waals surface area contributed by atoms with E-state index in [1.165, 1.54) is 6.92 Å². The van der Waals surface area contributed by atoms with Crippen molar-refractivity contribution in [2.45, 2.75) is 13.5 Å². The van der Waals surface area contributed by atoms with E-state index in [-0.39, 0.29) is 5.78 Å². The molecule has 1 aromatic carbocycles. The number of nitrogens with zero attached hydrogens (tertiary/aromatic N) is 1. The summed E-state index contributed by atoms with van der Waals surface area (Å²) in [5.41, 5.74) is 2.04. The largest absolute Gasteiger partial charge is 0.493 e. The predicted molar refractivity (Wildman–Crippen MR) is 76.7 cm³/mol. The SMILES string of the molecule is COc1cc(/C=C/C(C)=O)c(CN(C)C)cc1OC. The number of benzene rings is 1. The Balaban J connectivity index is 3.26. The van der Waals surface area contributed by atoms with Crippen LogP contribution in [-0.2, 0) is 11.3 Å². The highest BCUT2D eigenvalue weighted by molar-refractivity contribution is 5.91. The highest BCUT2D eigenvalue weighted by Gasteiger charge is 2.10. The number of hydrogen-bond donors (Lipinski definition) is 0. The molecule has 4 heteroatoms. The Morgan fingerprint density at radius 1 is 1.21 bits per heavy atom. The van der Waals surface area contributed by atoms with Gasteiger partial charge in [-0.1, -0.05) is 6.08 Å². The molecule has 0 fully saturated rings. The normalized spacial score (nSPS) is 11.1. The van der Waals surface area contributed by atoms with Crippen molar-refractivity contribution in [1.29, 1.82) is 0 Å². The van der Waals surface area contributed by atoms with E-state index in [0.29, 0.717) is 11.5 Å². The first-order valence-corrected chi connectivity index (χ1v) is 6.06. The first kappa shape index (κ1) is 15.2. The molecule has 0 aliphatic heterocycles. The van der Waals surface area contributed by atoms with Gasteiger partial charge in [0.1, 0.15) is 0 Å². The Kier molecular flexibility index (Phi) is 5.57. The molecule has 19 heavy (non-hydrogen) atoms. The molecule has 0 amide bonds. The van der Waals surface area contributed by atoms with Crippen LogP contribution >= 0.6 is 0 Å². The summed E-state index contributed by atoms with van der Waals surface area (Å²) in [5.74, 6) is 1.37. The molecule has 4 nitrogen and oxygen atoms in total. The van der Waals surface area contributed by atoms with Gasteiger partial charge in [0.15, 0.2) is 17.3 Å². The summed E-state index contributed by atoms with van der Waals surface area (Å²) in [6.07, 6.45) is 3.36. The van der Waals surface area contributed by atoms with Gasteiger partial charge < -0.3 is 14.4 Å². The van der Waals surface area contributed by atoms with Gasteiger partial charge in [-0.05, 0) is 50.4 Å². The van der Waals surface area contributed by atoms with Crippen molar-refractivity contribution >= 4 is 11.9 Å². The number of methoxy groups -OCH3 is 2. The molecule has 0 atom stereocenters. The Bertz CT molecular complexity index is 479. The molecule has 0 unspecified atom stereocenters. The van der Waals surface area contributed by atoms with Crippen LogP contribution in [0.1, 0.15) is 18.1 Å². The number of carbonyl (C=O) groups is 1. The number of ether oxygens (including phenoxy) is 2. The lowest BCUT2D eigenvalue weighted by atomic mass is 10.0. The average molecular weight is 263 g/mol. The molecule has 0 spiro atoms. The standard InChI is InChI=1S/C15H21NO3/c1-11(17)6-7-12-8-14(18-4)15(19-5)9-13(12)10-16(2)3/h6-9H,10H2,1-5H3/b7-6+. The summed E-state index contributed by atoms with van der Waals surface area (Å²) >= 11 is 0. The highest BCUT2D eigenvalue weighted by Crippen LogP contribution is 2.31. The molecule has 0 aromatic heterocycles. The number of rotatable bonds is 6. The van der Waals surface area contributed by atoms with Crippen LogP contribution in [0.25, 0.3) is 6.08 Å². The Hall–Kier alpha value is -1.81. The number of carbonyl (C=O) groups excluding carboxylic acids is 1. The Morgan fingerprint density at radius 2 is 1.79 bits per heavy atom. The number of ketones is 1. The maximum Gasteiger partial charge on any atom is 0.161 e. The topological polar surface area (TPSA) is 38.8 Å². The van der Waals surface area contributed by atoms with Crippen molar-refractivity contribution in [3.63, 3.8) is 0 Å². The Morgan fingerprint density at radius 3 is 2.26 bits per heavy atom. The summed E-state index contributed by atoms with van der Waals surface area (Å²) in [7, 11) is 7.20. The van der Waals surface area contributed by atoms with Crippen LogP contribution in [0.3, 0.4) is 0 Å². The van der Waals surface area contributed by atoms with Gasteiger partial charge in [-0.25, -0.2) is 0 Å². The average Bonchev–Trinajstić information content (AvgIpc) is 2.35. The van der Waals surface area contributed by atoms with E-state index < -0.39 is 0 Å². The third-order valence-corrected chi connectivity index (χ3v) is 2.63. The van der Waals surface area contributed by atoms with Crippen LogP contribution in [0, 0.1) is 0 Å². The number of hydrogen-bond acceptors (Lipinski definition) is 4. The number of allylic oxidation sites excluding steroid dienone is 1. The van der Waals surface area contributed by atoms with Crippen LogP contribution < -0.4 is 9.47 Å². The molecule has 0 aliphatic rings. The molecular weight excluding hydrogens is 242 g/mol. The highest BCUT2D eigenvalue weighted by atomic mass is 16.5. The molecule has 0 N–H and O–H groups in total. The maximum absolute atomic E-state index is 11.1. The third-order valence-electron chi connectivity index (χ3n) is 2.63. The Labute approximate surface area is 114 Å². The molecule has 0 saturated heterocycles. The van der Waals surface area contributed by atoms with Gasteiger partial charge in [0.05, 0.1) is 14.2 Å². The van der Waals surface area contributed by atoms with Crippen LogP contribution in [0.4, 0.5) is 0 Å². The zero-order valence-corrected chi connectivity index (χ0v) is 12.2. The lowest BCUT2D eigenvalue weighted by Crippen LogP contribution is -2.12. The zero-order valence-electron chi connectivity index (χ0n) is 12.2. The predicted octanol–water partition coefficient (Wildman–Crippen LogP) is 2.37. The van der Waals surface area contributed by atoms with E-state index in [1.54, 1.807) is 20.3 Å². The van der Waals surface area contributed by atoms with Crippen molar-refractivity contribution in [3.05, 3.63) is 29.3 Å². The lowest BCUT2D eigenvalue weighted by molar-refractivity contribution is -0.112. The second-order valence-electron chi connectivity index (χ2n) is 4.59. The van der Waals surface area contributed by atoms with Crippen molar-refractivity contribution in [1.82, 2.24) is 4.90 Å². The van der Waals surface area contributed by atoms with E-state index in [9.17, 15) is 4.79 Å². The molecule has 1 rings (SSSR count). The minimum atomic E-state index is 0.0191. The molecule has 104 valence electrons. The zero-order chi connectivity index (χ0) is 14.4. The van der Waals surface area contributed by atoms with Crippen molar-refractivity contribution in [3.8, 4) is 11.5 Å². The summed E-state index contributed by atoms with van der Waals surface area (Å²) in [6, 6.07) is 3.83. The summed E-state index contributed by atoms with van der Waals surface area (Å²) in [4.78, 5) is 13.1. The minimum absolute atomic E-state index is 0.0191. The van der Waals surface area contributed by atoms with Gasteiger partial charge >= 0.3 is 0 Å². The summed E-state index contributed by atoms with van der Waals surface area (Å²) < 4.78 is 10.6. The lowest BCUT2D eigenvalue weighted by Gasteiger charge is -2.16. The second kappa shape index (κ2) is 6.95. The summed E-state index contributed by atoms with van der Waals surface area (Å²) in [6.45, 7) is 2.29. The van der Waals surface area contributed by atoms with Gasteiger partial charge in [0.2, 0.25) is 0 Å². The quantitative estimate of drug-likeness (QED) is 0.739. The van der Waals surface area contributed by atoms with Crippen LogP contribution in [0.15, 0.2) is 18.2 Å². The maximum atomic E-state index is 11.1. The van der Waals surface area contributed by atoms with Gasteiger partial charge in [-0.2, -0.15) is 0 Å². The smallest absolute Gasteiger partial charge is 0.161 e. The molecule has 1 aromatic rings. The van der Waals surface area contributed by atoms with Crippen molar-refractivity contribution in [2.24, 2.45) is 0 Å². The van der Waals surface area contributed by atoms with E-state index >= 15 is 0 Å². The van der Waals surface area contributed by atoms with E-state index in [1.807, 2.05) is 32.3 Å². The van der Waals surface area contributed by atoms with Gasteiger partial charge in [0, 0.05) is 6.54 Å². The second-order valence-corrected chi connectivity index (χ2v) is 4.59.